The van der Waals surface area contributed by atoms with E-state index in [1.807, 2.05) is 6.08 Å². The normalized spacial score (nSPS) is 29.6. The predicted octanol–water partition coefficient (Wildman–Crippen LogP) is 4.49. The van der Waals surface area contributed by atoms with Crippen LogP contribution in [-0.2, 0) is 9.59 Å². The van der Waals surface area contributed by atoms with Crippen molar-refractivity contribution in [3.05, 3.63) is 64.7 Å². The molecule has 0 amide bonds. The molecule has 3 unspecified atom stereocenters. The van der Waals surface area contributed by atoms with Crippen molar-refractivity contribution >= 4 is 39.1 Å². The van der Waals surface area contributed by atoms with E-state index >= 15 is 0 Å². The zero-order valence-corrected chi connectivity index (χ0v) is 15.4. The second kappa shape index (κ2) is 6.01. The fourth-order valence-electron chi connectivity index (χ4n) is 3.61. The molecule has 0 heterocycles. The molecule has 2 aliphatic rings. The van der Waals surface area contributed by atoms with Crippen LogP contribution in [0.25, 0.3) is 0 Å². The molecule has 0 saturated heterocycles. The average Bonchev–Trinajstić information content (AvgIpc) is 2.53. The van der Waals surface area contributed by atoms with Crippen LogP contribution < -0.4 is 0 Å². The number of phenols is 1. The van der Waals surface area contributed by atoms with Gasteiger partial charge in [0.05, 0.1) is 0 Å². The summed E-state index contributed by atoms with van der Waals surface area (Å²) in [6.07, 6.45) is 5.50. The van der Waals surface area contributed by atoms with Crippen LogP contribution in [0.2, 0.25) is 5.02 Å². The Labute approximate surface area is 153 Å². The first-order chi connectivity index (χ1) is 11.3. The van der Waals surface area contributed by atoms with E-state index in [9.17, 15) is 14.7 Å². The molecule has 0 aliphatic heterocycles. The van der Waals surface area contributed by atoms with Gasteiger partial charge in [-0.2, -0.15) is 0 Å². The highest BCUT2D eigenvalue weighted by atomic mass is 79.9. The molecule has 3 nitrogen and oxygen atoms in total. The molecule has 3 rings (SSSR count). The highest BCUT2D eigenvalue weighted by Gasteiger charge is 2.56. The fourth-order valence-corrected chi connectivity index (χ4v) is 4.91. The highest BCUT2D eigenvalue weighted by molar-refractivity contribution is 9.10. The lowest BCUT2D eigenvalue weighted by molar-refractivity contribution is -0.128. The number of hydrogen-bond donors (Lipinski definition) is 1. The molecule has 2 aliphatic carbocycles. The van der Waals surface area contributed by atoms with Gasteiger partial charge < -0.3 is 5.11 Å². The Morgan fingerprint density at radius 2 is 2.12 bits per heavy atom. The summed E-state index contributed by atoms with van der Waals surface area (Å²) in [6.45, 7) is 5.51. The summed E-state index contributed by atoms with van der Waals surface area (Å²) in [5.74, 6) is -1.08. The van der Waals surface area contributed by atoms with Crippen LogP contribution in [0.3, 0.4) is 0 Å². The van der Waals surface area contributed by atoms with Crippen LogP contribution in [-0.4, -0.2) is 21.0 Å². The number of Topliss-reactive ketones (excluding diaryl/α,β-unsaturated/α-hetero) is 1. The topological polar surface area (TPSA) is 54.4 Å². The molecule has 3 atom stereocenters. The first-order valence-electron chi connectivity index (χ1n) is 7.57. The van der Waals surface area contributed by atoms with Gasteiger partial charge in [-0.15, -0.1) is 0 Å². The maximum absolute atomic E-state index is 12.9. The number of carbonyl (C=O) groups excluding carboxylic acids is 2. The summed E-state index contributed by atoms with van der Waals surface area (Å²) in [5.41, 5.74) is 1.99. The Morgan fingerprint density at radius 1 is 1.42 bits per heavy atom. The van der Waals surface area contributed by atoms with Gasteiger partial charge in [0.1, 0.15) is 10.1 Å². The molecule has 1 N–H and O–H groups in total. The molecule has 24 heavy (non-hydrogen) atoms. The second-order valence-corrected chi connectivity index (χ2v) is 7.88. The van der Waals surface area contributed by atoms with E-state index < -0.39 is 16.2 Å². The molecule has 0 fully saturated rings. The first kappa shape index (κ1) is 17.2. The van der Waals surface area contributed by atoms with Gasteiger partial charge in [-0.3, -0.25) is 9.59 Å². The molecule has 0 saturated carbocycles. The molecule has 0 radical (unpaired) electrons. The number of fused-ring (bicyclic) bond motifs is 1. The average molecular weight is 408 g/mol. The van der Waals surface area contributed by atoms with Gasteiger partial charge in [-0.1, -0.05) is 52.3 Å². The Balaban J connectivity index is 2.26. The van der Waals surface area contributed by atoms with Crippen LogP contribution >= 0.6 is 27.5 Å². The minimum atomic E-state index is -1.09. The van der Waals surface area contributed by atoms with Crippen LogP contribution in [0.1, 0.15) is 24.8 Å². The van der Waals surface area contributed by atoms with E-state index in [1.54, 1.807) is 19.1 Å². The summed E-state index contributed by atoms with van der Waals surface area (Å²) < 4.78 is -1.09. The third kappa shape index (κ3) is 2.40. The number of halogens is 2. The summed E-state index contributed by atoms with van der Waals surface area (Å²) in [5, 5.41) is 9.97. The number of rotatable bonds is 2. The van der Waals surface area contributed by atoms with Crippen LogP contribution in [0, 0.1) is 5.92 Å². The standard InChI is InChI=1S/C19H16BrClO3/c1-3-11-4-7-14-18(24)10(2)8-16(23)19(14,20)17(11)13-6-5-12(22)9-15(13)21/h3-6,8-9,14,17,22H,1,7H2,2H3. The molecule has 0 spiro atoms. The van der Waals surface area contributed by atoms with Crippen molar-refractivity contribution in [1.82, 2.24) is 0 Å². The maximum Gasteiger partial charge on any atom is 0.174 e. The zero-order valence-electron chi connectivity index (χ0n) is 13.1. The lowest BCUT2D eigenvalue weighted by Gasteiger charge is -2.45. The molecular formula is C19H16BrClO3. The molecule has 1 aromatic rings. The van der Waals surface area contributed by atoms with Crippen molar-refractivity contribution in [2.24, 2.45) is 5.92 Å². The zero-order chi connectivity index (χ0) is 17.6. The fraction of sp³-hybridized carbons (Fsp3) is 0.263. The maximum atomic E-state index is 12.9. The number of alkyl halides is 1. The molecular weight excluding hydrogens is 392 g/mol. The number of benzene rings is 1. The number of ketones is 2. The van der Waals surface area contributed by atoms with E-state index in [-0.39, 0.29) is 17.3 Å². The van der Waals surface area contributed by atoms with Gasteiger partial charge in [0, 0.05) is 16.9 Å². The lowest BCUT2D eigenvalue weighted by atomic mass is 9.63. The number of aromatic hydroxyl groups is 1. The number of carbonyl (C=O) groups is 2. The van der Waals surface area contributed by atoms with Crippen molar-refractivity contribution in [3.8, 4) is 5.75 Å². The highest BCUT2D eigenvalue weighted by Crippen LogP contribution is 2.55. The first-order valence-corrected chi connectivity index (χ1v) is 8.74. The number of hydrogen-bond acceptors (Lipinski definition) is 3. The third-order valence-electron chi connectivity index (χ3n) is 4.81. The van der Waals surface area contributed by atoms with Gasteiger partial charge in [0.2, 0.25) is 0 Å². The quantitative estimate of drug-likeness (QED) is 0.735. The largest absolute Gasteiger partial charge is 0.508 e. The summed E-state index contributed by atoms with van der Waals surface area (Å²) in [4.78, 5) is 25.5. The van der Waals surface area contributed by atoms with Crippen LogP contribution in [0.4, 0.5) is 0 Å². The minimum Gasteiger partial charge on any atom is -0.508 e. The molecule has 124 valence electrons. The van der Waals surface area contributed by atoms with Gasteiger partial charge in [-0.25, -0.2) is 0 Å². The van der Waals surface area contributed by atoms with Crippen molar-refractivity contribution in [3.63, 3.8) is 0 Å². The van der Waals surface area contributed by atoms with Gasteiger partial charge >= 0.3 is 0 Å². The summed E-state index contributed by atoms with van der Waals surface area (Å²) >= 11 is 9.96. The minimum absolute atomic E-state index is 0.0364. The summed E-state index contributed by atoms with van der Waals surface area (Å²) in [7, 11) is 0. The molecule has 0 aromatic heterocycles. The van der Waals surface area contributed by atoms with Gasteiger partial charge in [-0.05, 0) is 48.3 Å². The van der Waals surface area contributed by atoms with Crippen molar-refractivity contribution in [2.45, 2.75) is 23.6 Å². The monoisotopic (exact) mass is 406 g/mol. The van der Waals surface area contributed by atoms with Crippen molar-refractivity contribution in [2.75, 3.05) is 0 Å². The number of phenolic OH excluding ortho intramolecular Hbond substituents is 1. The number of allylic oxidation sites excluding steroid dienone is 5. The van der Waals surface area contributed by atoms with Crippen molar-refractivity contribution in [1.29, 1.82) is 0 Å². The Kier molecular flexibility index (Phi) is 4.30. The Bertz CT molecular complexity index is 824. The third-order valence-corrected chi connectivity index (χ3v) is 6.54. The SMILES string of the molecule is C=CC1=CCC2C(=O)C(C)=CC(=O)C2(Br)C1c1ccc(O)cc1Cl. The van der Waals surface area contributed by atoms with Crippen LogP contribution in [0.15, 0.2) is 54.2 Å². The molecule has 0 bridgehead atoms. The molecule has 1 aromatic carbocycles. The Hall–Kier alpha value is -1.65. The van der Waals surface area contributed by atoms with Gasteiger partial charge in [0.15, 0.2) is 11.6 Å². The van der Waals surface area contributed by atoms with E-state index in [0.29, 0.717) is 22.6 Å². The van der Waals surface area contributed by atoms with E-state index in [4.69, 9.17) is 11.6 Å². The van der Waals surface area contributed by atoms with E-state index in [2.05, 4.69) is 22.5 Å². The van der Waals surface area contributed by atoms with E-state index in [0.717, 1.165) is 5.57 Å². The van der Waals surface area contributed by atoms with Crippen LogP contribution in [0.5, 0.6) is 5.75 Å². The second-order valence-electron chi connectivity index (χ2n) is 6.16. The lowest BCUT2D eigenvalue weighted by Crippen LogP contribution is -2.52. The van der Waals surface area contributed by atoms with E-state index in [1.165, 1.54) is 18.2 Å². The van der Waals surface area contributed by atoms with Crippen molar-refractivity contribution < 1.29 is 14.7 Å². The molecule has 5 heteroatoms. The Morgan fingerprint density at radius 3 is 2.75 bits per heavy atom. The van der Waals surface area contributed by atoms with Gasteiger partial charge in [0.25, 0.3) is 0 Å². The predicted molar refractivity (Wildman–Crippen MR) is 97.7 cm³/mol. The smallest absolute Gasteiger partial charge is 0.174 e. The summed E-state index contributed by atoms with van der Waals surface area (Å²) in [6, 6.07) is 4.65.